The summed E-state index contributed by atoms with van der Waals surface area (Å²) in [7, 11) is 0. The van der Waals surface area contributed by atoms with E-state index in [1.165, 1.54) is 17.4 Å². The van der Waals surface area contributed by atoms with E-state index in [9.17, 15) is 9.18 Å². The average molecular weight is 381 g/mol. The third kappa shape index (κ3) is 3.90. The molecule has 1 saturated carbocycles. The average Bonchev–Trinajstić information content (AvgIpc) is 3.40. The van der Waals surface area contributed by atoms with Gasteiger partial charge in [-0.05, 0) is 38.0 Å². The zero-order valence-corrected chi connectivity index (χ0v) is 15.8. The molecule has 4 rings (SSSR count). The Hall–Kier alpha value is -2.60. The van der Waals surface area contributed by atoms with Crippen molar-refractivity contribution in [3.8, 4) is 10.6 Å². The van der Waals surface area contributed by atoms with Crippen LogP contribution in [0.25, 0.3) is 10.6 Å². The molecule has 6 heteroatoms. The molecule has 27 heavy (non-hydrogen) atoms. The molecule has 1 atom stereocenters. The Balaban J connectivity index is 1.52. The van der Waals surface area contributed by atoms with Crippen LogP contribution in [0, 0.1) is 5.82 Å². The number of thiazole rings is 1. The van der Waals surface area contributed by atoms with Gasteiger partial charge in [-0.25, -0.2) is 9.37 Å². The zero-order valence-electron chi connectivity index (χ0n) is 15.0. The van der Waals surface area contributed by atoms with E-state index in [0.29, 0.717) is 5.56 Å². The fourth-order valence-corrected chi connectivity index (χ4v) is 4.12. The summed E-state index contributed by atoms with van der Waals surface area (Å²) in [5.41, 5.74) is 2.25. The summed E-state index contributed by atoms with van der Waals surface area (Å²) >= 11 is 1.51. The number of hydrogen-bond donors (Lipinski definition) is 0. The number of aromatic nitrogens is 2. The molecule has 1 aliphatic carbocycles. The van der Waals surface area contributed by atoms with Gasteiger partial charge in [0.2, 0.25) is 5.91 Å². The van der Waals surface area contributed by atoms with E-state index in [1.54, 1.807) is 24.5 Å². The number of nitrogens with zero attached hydrogens (tertiary/aromatic N) is 3. The maximum Gasteiger partial charge on any atom is 0.229 e. The number of carbonyl (C=O) groups excluding carboxylic acids is 1. The largest absolute Gasteiger partial charge is 0.333 e. The molecule has 4 nitrogen and oxygen atoms in total. The first-order valence-electron chi connectivity index (χ1n) is 9.04. The molecule has 1 unspecified atom stereocenters. The third-order valence-corrected chi connectivity index (χ3v) is 5.73. The van der Waals surface area contributed by atoms with Crippen LogP contribution < -0.4 is 0 Å². The molecule has 3 aromatic rings. The van der Waals surface area contributed by atoms with Gasteiger partial charge in [0.25, 0.3) is 0 Å². The third-order valence-electron chi connectivity index (χ3n) is 4.79. The van der Waals surface area contributed by atoms with E-state index >= 15 is 0 Å². The van der Waals surface area contributed by atoms with Crippen molar-refractivity contribution < 1.29 is 9.18 Å². The lowest BCUT2D eigenvalue weighted by atomic mass is 10.1. The van der Waals surface area contributed by atoms with E-state index in [0.717, 1.165) is 29.1 Å². The number of rotatable bonds is 6. The van der Waals surface area contributed by atoms with Crippen LogP contribution in [-0.2, 0) is 11.2 Å². The Kier molecular flexibility index (Phi) is 4.99. The Labute approximate surface area is 161 Å². The van der Waals surface area contributed by atoms with Crippen molar-refractivity contribution >= 4 is 17.2 Å². The van der Waals surface area contributed by atoms with E-state index in [2.05, 4.69) is 9.97 Å². The molecule has 0 aliphatic heterocycles. The van der Waals surface area contributed by atoms with Gasteiger partial charge in [0, 0.05) is 34.9 Å². The van der Waals surface area contributed by atoms with Crippen LogP contribution in [0.1, 0.15) is 37.1 Å². The Morgan fingerprint density at radius 2 is 2.11 bits per heavy atom. The van der Waals surface area contributed by atoms with Crippen LogP contribution in [0.4, 0.5) is 4.39 Å². The predicted octanol–water partition coefficient (Wildman–Crippen LogP) is 4.64. The molecule has 0 saturated heterocycles. The summed E-state index contributed by atoms with van der Waals surface area (Å²) in [4.78, 5) is 23.6. The fourth-order valence-electron chi connectivity index (χ4n) is 3.31. The number of pyridine rings is 1. The highest BCUT2D eigenvalue weighted by atomic mass is 32.1. The standard InChI is InChI=1S/C21H20FN3OS/c1-14(18-6-2-3-7-19(18)22)25(17-8-9-17)20(26)11-16-13-27-21(24-16)15-5-4-10-23-12-15/h2-7,10,12-14,17H,8-9,11H2,1H3. The van der Waals surface area contributed by atoms with Gasteiger partial charge in [0.1, 0.15) is 10.8 Å². The predicted molar refractivity (Wildman–Crippen MR) is 104 cm³/mol. The van der Waals surface area contributed by atoms with Crippen LogP contribution >= 0.6 is 11.3 Å². The maximum absolute atomic E-state index is 14.2. The topological polar surface area (TPSA) is 46.1 Å². The monoisotopic (exact) mass is 381 g/mol. The molecule has 1 aromatic carbocycles. The summed E-state index contributed by atoms with van der Waals surface area (Å²) in [6, 6.07) is 10.4. The van der Waals surface area contributed by atoms with Crippen LogP contribution in [0.2, 0.25) is 0 Å². The quantitative estimate of drug-likeness (QED) is 0.625. The summed E-state index contributed by atoms with van der Waals surface area (Å²) in [6.45, 7) is 1.90. The second-order valence-electron chi connectivity index (χ2n) is 6.79. The first-order valence-corrected chi connectivity index (χ1v) is 9.92. The van der Waals surface area contributed by atoms with Crippen LogP contribution in [0.15, 0.2) is 54.2 Å². The molecule has 1 fully saturated rings. The van der Waals surface area contributed by atoms with E-state index in [-0.39, 0.29) is 30.2 Å². The highest BCUT2D eigenvalue weighted by Gasteiger charge is 2.37. The van der Waals surface area contributed by atoms with Crippen LogP contribution in [-0.4, -0.2) is 26.8 Å². The van der Waals surface area contributed by atoms with Crippen LogP contribution in [0.3, 0.4) is 0 Å². The zero-order chi connectivity index (χ0) is 18.8. The van der Waals surface area contributed by atoms with Gasteiger partial charge in [-0.2, -0.15) is 0 Å². The van der Waals surface area contributed by atoms with Gasteiger partial charge >= 0.3 is 0 Å². The smallest absolute Gasteiger partial charge is 0.229 e. The van der Waals surface area contributed by atoms with Crippen molar-refractivity contribution in [3.63, 3.8) is 0 Å². The van der Waals surface area contributed by atoms with Gasteiger partial charge in [0.15, 0.2) is 0 Å². The lowest BCUT2D eigenvalue weighted by molar-refractivity contribution is -0.133. The molecule has 2 aromatic heterocycles. The van der Waals surface area contributed by atoms with Crippen molar-refractivity contribution in [2.24, 2.45) is 0 Å². The van der Waals surface area contributed by atoms with Gasteiger partial charge in [-0.3, -0.25) is 9.78 Å². The normalized spacial score (nSPS) is 14.7. The van der Waals surface area contributed by atoms with E-state index < -0.39 is 0 Å². The van der Waals surface area contributed by atoms with Crippen molar-refractivity contribution in [3.05, 3.63) is 71.2 Å². The summed E-state index contributed by atoms with van der Waals surface area (Å²) in [5, 5.41) is 2.77. The van der Waals surface area contributed by atoms with E-state index in [1.807, 2.05) is 35.4 Å². The lowest BCUT2D eigenvalue weighted by Crippen LogP contribution is -2.37. The number of hydrogen-bond acceptors (Lipinski definition) is 4. The molecular weight excluding hydrogens is 361 g/mol. The van der Waals surface area contributed by atoms with Gasteiger partial charge in [-0.1, -0.05) is 18.2 Å². The van der Waals surface area contributed by atoms with Crippen molar-refractivity contribution in [1.82, 2.24) is 14.9 Å². The highest BCUT2D eigenvalue weighted by Crippen LogP contribution is 2.36. The Bertz CT molecular complexity index is 939. The minimum atomic E-state index is -0.289. The minimum absolute atomic E-state index is 0.00344. The molecule has 138 valence electrons. The second-order valence-corrected chi connectivity index (χ2v) is 7.65. The molecule has 1 aliphatic rings. The van der Waals surface area contributed by atoms with Crippen LogP contribution in [0.5, 0.6) is 0 Å². The molecule has 2 heterocycles. The highest BCUT2D eigenvalue weighted by molar-refractivity contribution is 7.13. The summed E-state index contributed by atoms with van der Waals surface area (Å²) in [5.74, 6) is -0.271. The second kappa shape index (κ2) is 7.56. The van der Waals surface area contributed by atoms with E-state index in [4.69, 9.17) is 0 Å². The van der Waals surface area contributed by atoms with Gasteiger partial charge < -0.3 is 4.90 Å². The van der Waals surface area contributed by atoms with Crippen molar-refractivity contribution in [2.45, 2.75) is 38.3 Å². The molecule has 0 bridgehead atoms. The molecule has 1 amide bonds. The molecular formula is C21H20FN3OS. The lowest BCUT2D eigenvalue weighted by Gasteiger charge is -2.30. The minimum Gasteiger partial charge on any atom is -0.333 e. The van der Waals surface area contributed by atoms with Gasteiger partial charge in [-0.15, -0.1) is 11.3 Å². The van der Waals surface area contributed by atoms with Gasteiger partial charge in [0.05, 0.1) is 18.2 Å². The number of amides is 1. The SMILES string of the molecule is CC(c1ccccc1F)N(C(=O)Cc1csc(-c2cccnc2)n1)C1CC1. The fraction of sp³-hybridized carbons (Fsp3) is 0.286. The van der Waals surface area contributed by atoms with Crippen molar-refractivity contribution in [1.29, 1.82) is 0 Å². The number of halogens is 1. The molecule has 0 radical (unpaired) electrons. The Morgan fingerprint density at radius 1 is 1.30 bits per heavy atom. The number of carbonyl (C=O) groups is 1. The Morgan fingerprint density at radius 3 is 2.81 bits per heavy atom. The molecule has 0 spiro atoms. The van der Waals surface area contributed by atoms with Crippen molar-refractivity contribution in [2.75, 3.05) is 0 Å². The number of benzene rings is 1. The first kappa shape index (κ1) is 17.8. The molecule has 0 N–H and O–H groups in total. The summed E-state index contributed by atoms with van der Waals surface area (Å²) in [6.07, 6.45) is 5.66. The summed E-state index contributed by atoms with van der Waals surface area (Å²) < 4.78 is 14.2. The maximum atomic E-state index is 14.2. The first-order chi connectivity index (χ1) is 13.1.